The first kappa shape index (κ1) is 16.1. The van der Waals surface area contributed by atoms with E-state index in [1.165, 1.54) is 0 Å². The van der Waals surface area contributed by atoms with Gasteiger partial charge in [0.15, 0.2) is 11.5 Å². The average Bonchev–Trinajstić information content (AvgIpc) is 2.93. The van der Waals surface area contributed by atoms with Crippen LogP contribution in [0.2, 0.25) is 5.02 Å². The van der Waals surface area contributed by atoms with Gasteiger partial charge >= 0.3 is 0 Å². The fourth-order valence-electron chi connectivity index (χ4n) is 2.19. The van der Waals surface area contributed by atoms with E-state index in [0.717, 1.165) is 39.9 Å². The zero-order valence-corrected chi connectivity index (χ0v) is 14.1. The lowest BCUT2D eigenvalue weighted by atomic mass is 10.0. The highest BCUT2D eigenvalue weighted by atomic mass is 35.5. The third kappa shape index (κ3) is 3.70. The minimum atomic E-state index is 0.0669. The van der Waals surface area contributed by atoms with Gasteiger partial charge in [0.2, 0.25) is 0 Å². The minimum absolute atomic E-state index is 0.0669. The lowest BCUT2D eigenvalue weighted by Crippen LogP contribution is -2.22. The normalized spacial score (nSPS) is 12.2. The molecule has 2 aromatic rings. The molecule has 1 N–H and O–H groups in total. The Balaban J connectivity index is 2.39. The first-order valence-electron chi connectivity index (χ1n) is 6.89. The Morgan fingerprint density at radius 3 is 2.52 bits per heavy atom. The van der Waals surface area contributed by atoms with E-state index in [1.54, 1.807) is 25.6 Å². The van der Waals surface area contributed by atoms with Crippen molar-refractivity contribution in [2.75, 3.05) is 20.8 Å². The highest BCUT2D eigenvalue weighted by molar-refractivity contribution is 7.10. The van der Waals surface area contributed by atoms with Crippen LogP contribution >= 0.6 is 22.9 Å². The largest absolute Gasteiger partial charge is 0.493 e. The van der Waals surface area contributed by atoms with Crippen LogP contribution < -0.4 is 14.8 Å². The number of ether oxygens (including phenoxy) is 2. The third-order valence-corrected chi connectivity index (χ3v) is 4.67. The van der Waals surface area contributed by atoms with Gasteiger partial charge in [-0.2, -0.15) is 0 Å². The molecule has 5 heteroatoms. The molecule has 1 unspecified atom stereocenters. The summed E-state index contributed by atoms with van der Waals surface area (Å²) >= 11 is 7.97. The summed E-state index contributed by atoms with van der Waals surface area (Å²) in [4.78, 5) is 1.12. The van der Waals surface area contributed by atoms with Crippen molar-refractivity contribution in [3.63, 3.8) is 0 Å². The Kier molecular flexibility index (Phi) is 5.91. The lowest BCUT2D eigenvalue weighted by Gasteiger charge is -2.20. The van der Waals surface area contributed by atoms with Gasteiger partial charge in [-0.25, -0.2) is 0 Å². The van der Waals surface area contributed by atoms with Crippen LogP contribution in [-0.4, -0.2) is 20.8 Å². The molecule has 0 radical (unpaired) electrons. The Morgan fingerprint density at radius 2 is 1.95 bits per heavy atom. The summed E-state index contributed by atoms with van der Waals surface area (Å²) in [6, 6.07) is 7.98. The van der Waals surface area contributed by atoms with E-state index >= 15 is 0 Å². The number of halogens is 1. The third-order valence-electron chi connectivity index (χ3n) is 3.25. The zero-order chi connectivity index (χ0) is 15.2. The number of nitrogens with one attached hydrogen (secondary N) is 1. The molecule has 0 bridgehead atoms. The summed E-state index contributed by atoms with van der Waals surface area (Å²) < 4.78 is 10.7. The summed E-state index contributed by atoms with van der Waals surface area (Å²) in [6.45, 7) is 3.07. The number of thiophene rings is 1. The Labute approximate surface area is 134 Å². The van der Waals surface area contributed by atoms with E-state index in [0.29, 0.717) is 0 Å². The lowest BCUT2D eigenvalue weighted by molar-refractivity contribution is 0.354. The SMILES string of the molecule is CCCNC(c1ccc(OC)c(OC)c1)c1sccc1Cl. The molecule has 0 aliphatic heterocycles. The Hall–Kier alpha value is -1.23. The van der Waals surface area contributed by atoms with Gasteiger partial charge in [-0.15, -0.1) is 11.3 Å². The second-order valence-electron chi connectivity index (χ2n) is 4.63. The Bertz CT molecular complexity index is 585. The maximum Gasteiger partial charge on any atom is 0.161 e. The van der Waals surface area contributed by atoms with Crippen molar-refractivity contribution >= 4 is 22.9 Å². The highest BCUT2D eigenvalue weighted by Gasteiger charge is 2.19. The molecule has 2 rings (SSSR count). The predicted molar refractivity (Wildman–Crippen MR) is 89.0 cm³/mol. The molecular weight excluding hydrogens is 306 g/mol. The maximum atomic E-state index is 6.31. The van der Waals surface area contributed by atoms with E-state index in [4.69, 9.17) is 21.1 Å². The number of benzene rings is 1. The van der Waals surface area contributed by atoms with Crippen molar-refractivity contribution in [3.8, 4) is 11.5 Å². The van der Waals surface area contributed by atoms with Gasteiger partial charge in [-0.1, -0.05) is 24.6 Å². The molecule has 1 aromatic carbocycles. The van der Waals surface area contributed by atoms with Crippen LogP contribution in [0, 0.1) is 0 Å². The van der Waals surface area contributed by atoms with Crippen molar-refractivity contribution < 1.29 is 9.47 Å². The van der Waals surface area contributed by atoms with E-state index in [1.807, 2.05) is 29.6 Å². The first-order chi connectivity index (χ1) is 10.2. The molecule has 0 amide bonds. The van der Waals surface area contributed by atoms with Gasteiger partial charge in [-0.3, -0.25) is 0 Å². The summed E-state index contributed by atoms with van der Waals surface area (Å²) in [7, 11) is 3.29. The van der Waals surface area contributed by atoms with Crippen LogP contribution in [0.1, 0.15) is 29.8 Å². The van der Waals surface area contributed by atoms with E-state index in [9.17, 15) is 0 Å². The molecule has 1 atom stereocenters. The van der Waals surface area contributed by atoms with Gasteiger partial charge in [0, 0.05) is 4.88 Å². The Morgan fingerprint density at radius 1 is 1.19 bits per heavy atom. The van der Waals surface area contributed by atoms with Crippen molar-refractivity contribution in [3.05, 3.63) is 45.1 Å². The first-order valence-corrected chi connectivity index (χ1v) is 8.15. The summed E-state index contributed by atoms with van der Waals surface area (Å²) in [5.74, 6) is 1.46. The zero-order valence-electron chi connectivity index (χ0n) is 12.5. The smallest absolute Gasteiger partial charge is 0.161 e. The fraction of sp³-hybridized carbons (Fsp3) is 0.375. The van der Waals surface area contributed by atoms with E-state index in [2.05, 4.69) is 12.2 Å². The molecular formula is C16H20ClNO2S. The van der Waals surface area contributed by atoms with Crippen LogP contribution in [0.5, 0.6) is 11.5 Å². The van der Waals surface area contributed by atoms with Gasteiger partial charge in [0.05, 0.1) is 25.3 Å². The molecule has 114 valence electrons. The number of rotatable bonds is 7. The van der Waals surface area contributed by atoms with Crippen molar-refractivity contribution in [1.29, 1.82) is 0 Å². The van der Waals surface area contributed by atoms with Gasteiger partial charge in [-0.05, 0) is 42.1 Å². The van der Waals surface area contributed by atoms with Crippen LogP contribution in [0.3, 0.4) is 0 Å². The van der Waals surface area contributed by atoms with Crippen molar-refractivity contribution in [2.24, 2.45) is 0 Å². The molecule has 0 saturated heterocycles. The second kappa shape index (κ2) is 7.69. The van der Waals surface area contributed by atoms with Crippen molar-refractivity contribution in [1.82, 2.24) is 5.32 Å². The van der Waals surface area contributed by atoms with Crippen molar-refractivity contribution in [2.45, 2.75) is 19.4 Å². The molecule has 21 heavy (non-hydrogen) atoms. The predicted octanol–water partition coefficient (Wildman–Crippen LogP) is 4.51. The van der Waals surface area contributed by atoms with Crippen LogP contribution in [0.4, 0.5) is 0 Å². The molecule has 0 spiro atoms. The van der Waals surface area contributed by atoms with E-state index in [-0.39, 0.29) is 6.04 Å². The fourth-order valence-corrected chi connectivity index (χ4v) is 3.46. The van der Waals surface area contributed by atoms with Gasteiger partial charge in [0.1, 0.15) is 0 Å². The van der Waals surface area contributed by atoms with Crippen LogP contribution in [0.25, 0.3) is 0 Å². The quantitative estimate of drug-likeness (QED) is 0.812. The minimum Gasteiger partial charge on any atom is -0.493 e. The molecule has 0 saturated carbocycles. The molecule has 3 nitrogen and oxygen atoms in total. The van der Waals surface area contributed by atoms with Crippen LogP contribution in [0.15, 0.2) is 29.6 Å². The standard InChI is InChI=1S/C16H20ClNO2S/c1-4-8-18-15(16-12(17)7-9-21-16)11-5-6-13(19-2)14(10-11)20-3/h5-7,9-10,15,18H,4,8H2,1-3H3. The number of hydrogen-bond donors (Lipinski definition) is 1. The molecule has 0 aliphatic rings. The topological polar surface area (TPSA) is 30.5 Å². The summed E-state index contributed by atoms with van der Waals surface area (Å²) in [6.07, 6.45) is 1.06. The van der Waals surface area contributed by atoms with Gasteiger partial charge in [0.25, 0.3) is 0 Å². The monoisotopic (exact) mass is 325 g/mol. The summed E-state index contributed by atoms with van der Waals surface area (Å²) in [5, 5.41) is 6.36. The molecule has 1 heterocycles. The highest BCUT2D eigenvalue weighted by Crippen LogP contribution is 2.36. The molecule has 0 aliphatic carbocycles. The molecule has 0 fully saturated rings. The molecule has 1 aromatic heterocycles. The maximum absolute atomic E-state index is 6.31. The van der Waals surface area contributed by atoms with E-state index < -0.39 is 0 Å². The number of methoxy groups -OCH3 is 2. The van der Waals surface area contributed by atoms with Gasteiger partial charge < -0.3 is 14.8 Å². The number of hydrogen-bond acceptors (Lipinski definition) is 4. The average molecular weight is 326 g/mol. The van der Waals surface area contributed by atoms with Crippen LogP contribution in [-0.2, 0) is 0 Å². The second-order valence-corrected chi connectivity index (χ2v) is 5.99. The summed E-state index contributed by atoms with van der Waals surface area (Å²) in [5.41, 5.74) is 1.12.